The van der Waals surface area contributed by atoms with Gasteiger partial charge in [0.1, 0.15) is 0 Å². The third-order valence-electron chi connectivity index (χ3n) is 6.20. The van der Waals surface area contributed by atoms with Gasteiger partial charge in [-0.15, -0.1) is 0 Å². The molecule has 1 aromatic rings. The van der Waals surface area contributed by atoms with Crippen LogP contribution in [0.15, 0.2) is 18.2 Å². The number of nitrogens with zero attached hydrogens (tertiary/aromatic N) is 4. The Balaban J connectivity index is 1.74. The van der Waals surface area contributed by atoms with Gasteiger partial charge in [-0.25, -0.2) is 13.6 Å². The van der Waals surface area contributed by atoms with E-state index in [-0.39, 0.29) is 37.3 Å². The van der Waals surface area contributed by atoms with E-state index < -0.39 is 17.9 Å². The highest BCUT2D eigenvalue weighted by Crippen LogP contribution is 2.44. The van der Waals surface area contributed by atoms with Crippen molar-refractivity contribution in [2.24, 2.45) is 17.3 Å². The molecule has 170 valence electrons. The Hall–Kier alpha value is -2.56. The summed E-state index contributed by atoms with van der Waals surface area (Å²) in [5.41, 5.74) is 2.04. The first-order chi connectivity index (χ1) is 14.4. The zero-order valence-corrected chi connectivity index (χ0v) is 18.7. The minimum absolute atomic E-state index is 0.0895. The van der Waals surface area contributed by atoms with Crippen molar-refractivity contribution in [1.82, 2.24) is 4.90 Å². The number of hydrogen-bond donors (Lipinski definition) is 1. The van der Waals surface area contributed by atoms with E-state index >= 15 is 0 Å². The average Bonchev–Trinajstić information content (AvgIpc) is 2.97. The zero-order valence-electron chi connectivity index (χ0n) is 18.7. The molecule has 1 N–H and O–H groups in total. The van der Waals surface area contributed by atoms with Crippen molar-refractivity contribution < 1.29 is 18.7 Å². The number of alkyl halides is 2. The molecule has 2 aliphatic rings. The third kappa shape index (κ3) is 5.38. The molecule has 8 heteroatoms. The summed E-state index contributed by atoms with van der Waals surface area (Å²) < 4.78 is 29.7. The van der Waals surface area contributed by atoms with E-state index in [0.717, 1.165) is 11.4 Å². The van der Waals surface area contributed by atoms with Crippen LogP contribution in [0.3, 0.4) is 0 Å². The number of anilines is 2. The molecule has 0 spiro atoms. The lowest BCUT2D eigenvalue weighted by atomic mass is 9.78. The Morgan fingerprint density at radius 1 is 1.35 bits per heavy atom. The van der Waals surface area contributed by atoms with Crippen LogP contribution in [0.1, 0.15) is 45.6 Å². The minimum atomic E-state index is -2.79. The lowest BCUT2D eigenvalue weighted by molar-refractivity contribution is -0.0965. The number of rotatable bonds is 5. The van der Waals surface area contributed by atoms with Crippen LogP contribution in [0, 0.1) is 28.6 Å². The maximum Gasteiger partial charge on any atom is 0.407 e. The number of benzene rings is 1. The van der Waals surface area contributed by atoms with Crippen molar-refractivity contribution in [3.8, 4) is 6.07 Å². The minimum Gasteiger partial charge on any atom is -0.465 e. The zero-order chi connectivity index (χ0) is 23.0. The van der Waals surface area contributed by atoms with E-state index in [1.54, 1.807) is 12.1 Å². The monoisotopic (exact) mass is 434 g/mol. The SMILES string of the molecule is CN1CN(CC2CC(CN(CC(C)(C)C)C(=O)O)CCC2(F)F)c2cc(C#N)ccc21. The van der Waals surface area contributed by atoms with Crippen LogP contribution in [0.4, 0.5) is 25.0 Å². The lowest BCUT2D eigenvalue weighted by Crippen LogP contribution is -2.47. The number of hydrogen-bond acceptors (Lipinski definition) is 4. The van der Waals surface area contributed by atoms with Gasteiger partial charge >= 0.3 is 6.09 Å². The van der Waals surface area contributed by atoms with E-state index in [2.05, 4.69) is 6.07 Å². The maximum atomic E-state index is 14.9. The summed E-state index contributed by atoms with van der Waals surface area (Å²) in [7, 11) is 1.91. The standard InChI is InChI=1S/C23H32F2N4O2/c1-22(2,3)14-28(21(30)31)12-17-7-8-23(24,25)18(9-17)13-29-15-27(4)19-6-5-16(11-26)10-20(19)29/h5-6,10,17-18H,7-9,12-15H2,1-4H3,(H,30,31). The Morgan fingerprint density at radius 3 is 2.68 bits per heavy atom. The molecular weight excluding hydrogens is 402 g/mol. The van der Waals surface area contributed by atoms with E-state index in [1.165, 1.54) is 4.90 Å². The summed E-state index contributed by atoms with van der Waals surface area (Å²) in [4.78, 5) is 17.0. The van der Waals surface area contributed by atoms with Gasteiger partial charge < -0.3 is 19.8 Å². The molecular formula is C23H32F2N4O2. The second kappa shape index (κ2) is 8.52. The second-order valence-corrected chi connectivity index (χ2v) is 10.2. The van der Waals surface area contributed by atoms with Crippen molar-refractivity contribution >= 4 is 17.5 Å². The third-order valence-corrected chi connectivity index (χ3v) is 6.20. The highest BCUT2D eigenvalue weighted by Gasteiger charge is 2.46. The number of fused-ring (bicyclic) bond motifs is 1. The van der Waals surface area contributed by atoms with Crippen LogP contribution < -0.4 is 9.80 Å². The first-order valence-electron chi connectivity index (χ1n) is 10.8. The summed E-state index contributed by atoms with van der Waals surface area (Å²) in [6.45, 7) is 7.25. The van der Waals surface area contributed by atoms with E-state index in [1.807, 2.05) is 43.7 Å². The normalized spacial score (nSPS) is 22.7. The summed E-state index contributed by atoms with van der Waals surface area (Å²) in [5.74, 6) is -3.74. The number of halogens is 2. The van der Waals surface area contributed by atoms with Crippen LogP contribution in [-0.2, 0) is 0 Å². The van der Waals surface area contributed by atoms with E-state index in [9.17, 15) is 23.9 Å². The van der Waals surface area contributed by atoms with Gasteiger partial charge in [-0.3, -0.25) is 0 Å². The van der Waals surface area contributed by atoms with Gasteiger partial charge in [0.15, 0.2) is 0 Å². The predicted molar refractivity (Wildman–Crippen MR) is 117 cm³/mol. The largest absolute Gasteiger partial charge is 0.465 e. The van der Waals surface area contributed by atoms with Crippen LogP contribution in [0.2, 0.25) is 0 Å². The molecule has 31 heavy (non-hydrogen) atoms. The van der Waals surface area contributed by atoms with E-state index in [4.69, 9.17) is 0 Å². The van der Waals surface area contributed by atoms with Gasteiger partial charge in [0.25, 0.3) is 5.92 Å². The average molecular weight is 435 g/mol. The van der Waals surface area contributed by atoms with Crippen molar-refractivity contribution in [1.29, 1.82) is 5.26 Å². The number of carboxylic acid groups (broad SMARTS) is 1. The van der Waals surface area contributed by atoms with Crippen LogP contribution in [-0.4, -0.2) is 55.4 Å². The molecule has 1 fully saturated rings. The molecule has 1 aliphatic heterocycles. The Kier molecular flexibility index (Phi) is 6.35. The highest BCUT2D eigenvalue weighted by molar-refractivity contribution is 5.77. The highest BCUT2D eigenvalue weighted by atomic mass is 19.3. The summed E-state index contributed by atoms with van der Waals surface area (Å²) in [5, 5.41) is 18.8. The molecule has 6 nitrogen and oxygen atoms in total. The van der Waals surface area contributed by atoms with Crippen LogP contribution in [0.25, 0.3) is 0 Å². The van der Waals surface area contributed by atoms with Gasteiger partial charge in [-0.1, -0.05) is 20.8 Å². The molecule has 0 bridgehead atoms. The summed E-state index contributed by atoms with van der Waals surface area (Å²) in [6, 6.07) is 7.46. The molecule has 0 saturated heterocycles. The van der Waals surface area contributed by atoms with Crippen molar-refractivity contribution in [3.63, 3.8) is 0 Å². The Labute approximate surface area is 183 Å². The Morgan fingerprint density at radius 2 is 2.06 bits per heavy atom. The molecule has 1 aromatic carbocycles. The van der Waals surface area contributed by atoms with Gasteiger partial charge in [-0.2, -0.15) is 5.26 Å². The molecule has 1 aliphatic carbocycles. The molecule has 1 amide bonds. The molecule has 1 saturated carbocycles. The molecule has 0 aromatic heterocycles. The second-order valence-electron chi connectivity index (χ2n) is 10.2. The smallest absolute Gasteiger partial charge is 0.407 e. The van der Waals surface area contributed by atoms with Crippen molar-refractivity contribution in [2.45, 2.75) is 46.0 Å². The number of nitriles is 1. The van der Waals surface area contributed by atoms with Gasteiger partial charge in [0.2, 0.25) is 0 Å². The fraction of sp³-hybridized carbons (Fsp3) is 0.652. The first kappa shape index (κ1) is 23.1. The van der Waals surface area contributed by atoms with Crippen molar-refractivity contribution in [3.05, 3.63) is 23.8 Å². The van der Waals surface area contributed by atoms with Crippen LogP contribution >= 0.6 is 0 Å². The van der Waals surface area contributed by atoms with Crippen molar-refractivity contribution in [2.75, 3.05) is 43.2 Å². The Bertz CT molecular complexity index is 862. The number of amides is 1. The lowest BCUT2D eigenvalue weighted by Gasteiger charge is -2.40. The maximum absolute atomic E-state index is 14.9. The topological polar surface area (TPSA) is 70.8 Å². The fourth-order valence-corrected chi connectivity index (χ4v) is 4.76. The molecule has 0 radical (unpaired) electrons. The predicted octanol–water partition coefficient (Wildman–Crippen LogP) is 4.85. The first-order valence-corrected chi connectivity index (χ1v) is 10.8. The van der Waals surface area contributed by atoms with Gasteiger partial charge in [0, 0.05) is 39.0 Å². The molecule has 3 rings (SSSR count). The fourth-order valence-electron chi connectivity index (χ4n) is 4.76. The van der Waals surface area contributed by atoms with E-state index in [0.29, 0.717) is 25.2 Å². The molecule has 2 unspecified atom stereocenters. The quantitative estimate of drug-likeness (QED) is 0.717. The number of carbonyl (C=O) groups is 1. The van der Waals surface area contributed by atoms with Gasteiger partial charge in [-0.05, 0) is 42.4 Å². The summed E-state index contributed by atoms with van der Waals surface area (Å²) >= 11 is 0. The summed E-state index contributed by atoms with van der Waals surface area (Å²) in [6.07, 6.45) is -0.607. The molecule has 2 atom stereocenters. The van der Waals surface area contributed by atoms with Crippen LogP contribution in [0.5, 0.6) is 0 Å². The molecule has 1 heterocycles. The van der Waals surface area contributed by atoms with Gasteiger partial charge in [0.05, 0.1) is 29.7 Å².